The van der Waals surface area contributed by atoms with E-state index in [1.165, 1.54) is 17.4 Å². The largest absolute Gasteiger partial charge is 0.481 e. The number of carboxylic acid groups (broad SMARTS) is 1. The van der Waals surface area contributed by atoms with Gasteiger partial charge in [-0.3, -0.25) is 19.6 Å². The number of carbonyl (C=O) groups excluding carboxylic acids is 1. The number of aliphatic carboxylic acids is 1. The molecule has 2 N–H and O–H groups in total. The number of nitrogens with zero attached hydrogens (tertiary/aromatic N) is 4. The predicted octanol–water partition coefficient (Wildman–Crippen LogP) is 3.76. The summed E-state index contributed by atoms with van der Waals surface area (Å²) in [7, 11) is 0. The summed E-state index contributed by atoms with van der Waals surface area (Å²) in [5, 5.41) is 14.8. The highest BCUT2D eigenvalue weighted by atomic mass is 32.1. The number of hydrogen-bond donors (Lipinski definition) is 2. The maximum Gasteiger partial charge on any atom is 0.338 e. The van der Waals surface area contributed by atoms with E-state index in [-0.39, 0.29) is 24.8 Å². The number of benzene rings is 1. The van der Waals surface area contributed by atoms with Crippen molar-refractivity contribution in [3.05, 3.63) is 63.0 Å². The van der Waals surface area contributed by atoms with Gasteiger partial charge in [0.25, 0.3) is 5.92 Å². The van der Waals surface area contributed by atoms with Crippen LogP contribution >= 0.6 is 11.3 Å². The van der Waals surface area contributed by atoms with Gasteiger partial charge in [0.2, 0.25) is 0 Å². The number of hydrogen-bond acceptors (Lipinski definition) is 9. The Bertz CT molecular complexity index is 1440. The number of esters is 1. The van der Waals surface area contributed by atoms with Crippen molar-refractivity contribution in [1.82, 2.24) is 20.1 Å². The van der Waals surface area contributed by atoms with Crippen molar-refractivity contribution in [2.75, 3.05) is 26.2 Å². The van der Waals surface area contributed by atoms with Crippen molar-refractivity contribution >= 4 is 29.1 Å². The van der Waals surface area contributed by atoms with Gasteiger partial charge in [-0.15, -0.1) is 11.3 Å². The molecule has 2 saturated heterocycles. The molecule has 4 aliphatic rings. The molecule has 2 aromatic rings. The summed E-state index contributed by atoms with van der Waals surface area (Å²) in [5.74, 6) is -5.14. The van der Waals surface area contributed by atoms with E-state index in [4.69, 9.17) is 9.73 Å². The Morgan fingerprint density at radius 2 is 2.07 bits per heavy atom. The highest BCUT2D eigenvalue weighted by Crippen LogP contribution is 2.47. The summed E-state index contributed by atoms with van der Waals surface area (Å²) in [6.45, 7) is 3.32. The van der Waals surface area contributed by atoms with Gasteiger partial charge < -0.3 is 15.2 Å². The Kier molecular flexibility index (Phi) is 7.60. The number of amidine groups is 1. The van der Waals surface area contributed by atoms with Crippen LogP contribution in [0.1, 0.15) is 48.4 Å². The maximum atomic E-state index is 15.6. The number of thiazole rings is 1. The molecular weight excluding hydrogens is 571 g/mol. The smallest absolute Gasteiger partial charge is 0.338 e. The van der Waals surface area contributed by atoms with E-state index < -0.39 is 54.3 Å². The summed E-state index contributed by atoms with van der Waals surface area (Å²) in [6, 6.07) is 1.94. The number of nitrogens with one attached hydrogen (secondary N) is 1. The van der Waals surface area contributed by atoms with Gasteiger partial charge in [0.05, 0.1) is 30.7 Å². The summed E-state index contributed by atoms with van der Waals surface area (Å²) < 4.78 is 51.4. The molecule has 3 aliphatic heterocycles. The minimum absolute atomic E-state index is 0.00355. The van der Waals surface area contributed by atoms with Crippen molar-refractivity contribution in [3.63, 3.8) is 0 Å². The zero-order valence-electron chi connectivity index (χ0n) is 23.2. The first-order valence-electron chi connectivity index (χ1n) is 14.1. The zero-order valence-corrected chi connectivity index (χ0v) is 24.0. The van der Waals surface area contributed by atoms with Gasteiger partial charge in [0.1, 0.15) is 11.9 Å². The molecule has 1 aliphatic carbocycles. The first-order valence-corrected chi connectivity index (χ1v) is 15.0. The van der Waals surface area contributed by atoms with Crippen molar-refractivity contribution in [2.45, 2.75) is 63.2 Å². The molecule has 0 unspecified atom stereocenters. The van der Waals surface area contributed by atoms with E-state index in [9.17, 15) is 19.1 Å². The van der Waals surface area contributed by atoms with Crippen LogP contribution in [0, 0.1) is 18.7 Å². The normalized spacial score (nSPS) is 29.1. The molecule has 42 heavy (non-hydrogen) atoms. The van der Waals surface area contributed by atoms with Gasteiger partial charge in [0.15, 0.2) is 10.8 Å². The summed E-state index contributed by atoms with van der Waals surface area (Å²) in [6.07, 6.45) is 2.86. The molecule has 3 atom stereocenters. The lowest BCUT2D eigenvalue weighted by molar-refractivity contribution is -0.148. The summed E-state index contributed by atoms with van der Waals surface area (Å²) in [5.41, 5.74) is 1.32. The third-order valence-corrected chi connectivity index (χ3v) is 9.65. The van der Waals surface area contributed by atoms with E-state index in [1.54, 1.807) is 47.4 Å². The zero-order chi connectivity index (χ0) is 29.8. The fraction of sp³-hybridized carbons (Fsp3) is 0.517. The second kappa shape index (κ2) is 11.1. The average molecular weight is 604 g/mol. The molecular formula is C29H32F3N5O4S. The van der Waals surface area contributed by atoms with Crippen LogP contribution < -0.4 is 5.32 Å². The SMILES string of the molecule is CCOC(=O)C1=C(CN2CC(F)(F)[C@H]3[C@@H]2CCN3C2CC(C(=O)O)C2)NC(c2nccs2)=N[C@H]1c1cccc(F)c1C. The molecule has 1 aromatic heterocycles. The first-order chi connectivity index (χ1) is 20.1. The van der Waals surface area contributed by atoms with Crippen LogP contribution in [0.5, 0.6) is 0 Å². The molecule has 6 rings (SSSR count). The van der Waals surface area contributed by atoms with Crippen molar-refractivity contribution in [3.8, 4) is 0 Å². The van der Waals surface area contributed by atoms with Gasteiger partial charge in [-0.1, -0.05) is 12.1 Å². The number of carbonyl (C=O) groups is 2. The number of ether oxygens (including phenoxy) is 1. The van der Waals surface area contributed by atoms with Gasteiger partial charge in [-0.25, -0.2) is 22.9 Å². The number of halogens is 3. The highest BCUT2D eigenvalue weighted by Gasteiger charge is 2.61. The number of aliphatic imine (C=N–C) groups is 1. The lowest BCUT2D eigenvalue weighted by Gasteiger charge is -2.43. The van der Waals surface area contributed by atoms with Crippen LogP contribution in [-0.4, -0.2) is 88.0 Å². The average Bonchev–Trinajstić information content (AvgIpc) is 3.64. The molecule has 0 spiro atoms. The second-order valence-corrected chi connectivity index (χ2v) is 12.2. The van der Waals surface area contributed by atoms with Crippen molar-refractivity contribution in [2.24, 2.45) is 10.9 Å². The summed E-state index contributed by atoms with van der Waals surface area (Å²) >= 11 is 1.33. The number of alkyl halides is 2. The van der Waals surface area contributed by atoms with Crippen molar-refractivity contribution in [1.29, 1.82) is 0 Å². The third-order valence-electron chi connectivity index (χ3n) is 8.87. The Morgan fingerprint density at radius 3 is 2.76 bits per heavy atom. The molecule has 13 heteroatoms. The van der Waals surface area contributed by atoms with Gasteiger partial charge in [0, 0.05) is 42.4 Å². The lowest BCUT2D eigenvalue weighted by atomic mass is 9.79. The lowest BCUT2D eigenvalue weighted by Crippen LogP contribution is -2.54. The molecule has 3 fully saturated rings. The number of likely N-dealkylation sites (tertiary alicyclic amines) is 2. The van der Waals surface area contributed by atoms with Crippen LogP contribution in [0.3, 0.4) is 0 Å². The first kappa shape index (κ1) is 28.8. The minimum Gasteiger partial charge on any atom is -0.481 e. The number of aromatic nitrogens is 1. The van der Waals surface area contributed by atoms with Crippen LogP contribution in [0.4, 0.5) is 13.2 Å². The monoisotopic (exact) mass is 603 g/mol. The standard InChI is InChI=1S/C29H32F3N5O4S/c1-3-41-28(40)22-20(34-25(26-33-8-10-42-26)35-23(22)18-5-4-6-19(30)15(18)2)13-36-14-29(31,32)24-21(36)7-9-37(24)17-11-16(12-17)27(38)39/h4-6,8,10,16-17,21,23-24H,3,7,9,11-14H2,1-2H3,(H,34,35)(H,38,39)/t16?,17?,21-,23-,24+/m0/s1. The third kappa shape index (κ3) is 5.01. The Morgan fingerprint density at radius 1 is 1.29 bits per heavy atom. The molecule has 1 saturated carbocycles. The van der Waals surface area contributed by atoms with Crippen LogP contribution in [0.2, 0.25) is 0 Å². The second-order valence-electron chi connectivity index (χ2n) is 11.3. The number of rotatable bonds is 8. The summed E-state index contributed by atoms with van der Waals surface area (Å²) in [4.78, 5) is 37.4. The fourth-order valence-electron chi connectivity index (χ4n) is 6.80. The maximum absolute atomic E-state index is 15.6. The molecule has 1 aromatic carbocycles. The van der Waals surface area contributed by atoms with Crippen LogP contribution in [0.15, 0.2) is 46.0 Å². The molecule has 9 nitrogen and oxygen atoms in total. The van der Waals surface area contributed by atoms with Gasteiger partial charge in [-0.05, 0) is 50.3 Å². The number of fused-ring (bicyclic) bond motifs is 1. The van der Waals surface area contributed by atoms with E-state index in [0.717, 1.165) is 0 Å². The van der Waals surface area contributed by atoms with Crippen LogP contribution in [0.25, 0.3) is 0 Å². The van der Waals surface area contributed by atoms with E-state index in [1.807, 2.05) is 0 Å². The predicted molar refractivity (Wildman–Crippen MR) is 149 cm³/mol. The van der Waals surface area contributed by atoms with Gasteiger partial charge in [-0.2, -0.15) is 0 Å². The minimum atomic E-state index is -3.03. The highest BCUT2D eigenvalue weighted by molar-refractivity contribution is 7.11. The molecule has 0 radical (unpaired) electrons. The molecule has 0 bridgehead atoms. The van der Waals surface area contributed by atoms with E-state index in [2.05, 4.69) is 10.3 Å². The Balaban J connectivity index is 1.36. The van der Waals surface area contributed by atoms with E-state index in [0.29, 0.717) is 53.5 Å². The Hall–Kier alpha value is -3.29. The molecule has 224 valence electrons. The van der Waals surface area contributed by atoms with Gasteiger partial charge >= 0.3 is 11.9 Å². The quantitative estimate of drug-likeness (QED) is 0.440. The van der Waals surface area contributed by atoms with Crippen molar-refractivity contribution < 1.29 is 32.6 Å². The topological polar surface area (TPSA) is 107 Å². The van der Waals surface area contributed by atoms with E-state index >= 15 is 8.78 Å². The number of carboxylic acids is 1. The molecule has 0 amide bonds. The molecule has 4 heterocycles. The fourth-order valence-corrected chi connectivity index (χ4v) is 7.39. The Labute approximate surface area is 245 Å². The van der Waals surface area contributed by atoms with Crippen LogP contribution in [-0.2, 0) is 14.3 Å².